The van der Waals surface area contributed by atoms with E-state index in [-0.39, 0.29) is 24.2 Å². The average molecular weight is 329 g/mol. The van der Waals surface area contributed by atoms with Crippen LogP contribution < -0.4 is 11.1 Å². The van der Waals surface area contributed by atoms with Gasteiger partial charge >= 0.3 is 0 Å². The zero-order valence-electron chi connectivity index (χ0n) is 12.5. The molecular weight excluding hydrogens is 304 g/mol. The van der Waals surface area contributed by atoms with Crippen molar-refractivity contribution in [2.45, 2.75) is 43.4 Å². The van der Waals surface area contributed by atoms with Crippen LogP contribution in [0.3, 0.4) is 0 Å². The van der Waals surface area contributed by atoms with Crippen molar-refractivity contribution in [3.05, 3.63) is 35.9 Å². The van der Waals surface area contributed by atoms with E-state index in [1.54, 1.807) is 0 Å². The van der Waals surface area contributed by atoms with Crippen LogP contribution in [0, 0.1) is 0 Å². The van der Waals surface area contributed by atoms with Crippen molar-refractivity contribution in [2.24, 2.45) is 5.73 Å². The van der Waals surface area contributed by atoms with E-state index in [1.807, 2.05) is 42.1 Å². The van der Waals surface area contributed by atoms with Gasteiger partial charge in [-0.3, -0.25) is 4.79 Å². The van der Waals surface area contributed by atoms with Gasteiger partial charge in [-0.25, -0.2) is 0 Å². The first-order valence-corrected chi connectivity index (χ1v) is 8.48. The molecule has 1 fully saturated rings. The molecule has 3 N–H and O–H groups in total. The molecule has 118 valence electrons. The van der Waals surface area contributed by atoms with Crippen LogP contribution in [-0.4, -0.2) is 29.5 Å². The molecule has 21 heavy (non-hydrogen) atoms. The second-order valence-electron chi connectivity index (χ2n) is 5.24. The maximum atomic E-state index is 12.5. The Bertz CT molecular complexity index is 430. The molecule has 3 atom stereocenters. The minimum absolute atomic E-state index is 0. The molecule has 2 rings (SSSR count). The SMILES string of the molecule is CCSC1CCCC1NC(=O)C(CN)c1ccccc1.Cl. The third-order valence-corrected chi connectivity index (χ3v) is 5.24. The normalized spacial score (nSPS) is 22.4. The van der Waals surface area contributed by atoms with Gasteiger partial charge in [-0.2, -0.15) is 11.8 Å². The van der Waals surface area contributed by atoms with Crippen LogP contribution in [-0.2, 0) is 4.79 Å². The Kier molecular flexibility index (Phi) is 8.15. The lowest BCUT2D eigenvalue weighted by Crippen LogP contribution is -2.43. The highest BCUT2D eigenvalue weighted by molar-refractivity contribution is 7.99. The summed E-state index contributed by atoms with van der Waals surface area (Å²) in [4.78, 5) is 12.5. The van der Waals surface area contributed by atoms with E-state index in [0.717, 1.165) is 17.7 Å². The van der Waals surface area contributed by atoms with Gasteiger partial charge in [-0.1, -0.05) is 43.7 Å². The number of hydrogen-bond donors (Lipinski definition) is 2. The Morgan fingerprint density at radius 2 is 2.10 bits per heavy atom. The first-order valence-electron chi connectivity index (χ1n) is 7.43. The molecule has 1 aromatic carbocycles. The Morgan fingerprint density at radius 3 is 2.71 bits per heavy atom. The summed E-state index contributed by atoms with van der Waals surface area (Å²) in [6.45, 7) is 2.53. The molecule has 3 nitrogen and oxygen atoms in total. The predicted octanol–water partition coefficient (Wildman–Crippen LogP) is 2.94. The molecule has 0 heterocycles. The van der Waals surface area contributed by atoms with Crippen molar-refractivity contribution in [3.63, 3.8) is 0 Å². The Balaban J connectivity index is 0.00000220. The van der Waals surface area contributed by atoms with Crippen molar-refractivity contribution in [1.82, 2.24) is 5.32 Å². The van der Waals surface area contributed by atoms with Gasteiger partial charge in [-0.05, 0) is 24.2 Å². The largest absolute Gasteiger partial charge is 0.352 e. The first-order chi connectivity index (χ1) is 9.76. The average Bonchev–Trinajstić information content (AvgIpc) is 2.88. The molecule has 1 aliphatic rings. The summed E-state index contributed by atoms with van der Waals surface area (Å²) in [6.07, 6.45) is 3.51. The van der Waals surface area contributed by atoms with Crippen LogP contribution >= 0.6 is 24.2 Å². The fourth-order valence-corrected chi connectivity index (χ4v) is 4.07. The van der Waals surface area contributed by atoms with Crippen molar-refractivity contribution in [1.29, 1.82) is 0 Å². The molecule has 0 aliphatic heterocycles. The van der Waals surface area contributed by atoms with Crippen LogP contribution in [0.25, 0.3) is 0 Å². The Labute approximate surface area is 137 Å². The second kappa shape index (κ2) is 9.34. The van der Waals surface area contributed by atoms with Gasteiger partial charge in [0.1, 0.15) is 0 Å². The number of halogens is 1. The smallest absolute Gasteiger partial charge is 0.229 e. The summed E-state index contributed by atoms with van der Waals surface area (Å²) in [5.74, 6) is 0.951. The third-order valence-electron chi connectivity index (χ3n) is 3.92. The molecule has 0 aromatic heterocycles. The van der Waals surface area contributed by atoms with Crippen molar-refractivity contribution >= 4 is 30.1 Å². The highest BCUT2D eigenvalue weighted by Crippen LogP contribution is 2.30. The predicted molar refractivity (Wildman–Crippen MR) is 93.2 cm³/mol. The quantitative estimate of drug-likeness (QED) is 0.844. The Morgan fingerprint density at radius 1 is 1.38 bits per heavy atom. The Hall–Kier alpha value is -0.710. The second-order valence-corrected chi connectivity index (χ2v) is 6.75. The van der Waals surface area contributed by atoms with Gasteiger partial charge in [0, 0.05) is 17.8 Å². The number of carbonyl (C=O) groups excluding carboxylic acids is 1. The highest BCUT2D eigenvalue weighted by Gasteiger charge is 2.30. The standard InChI is InChI=1S/C16H24N2OS.ClH/c1-2-20-15-10-6-9-14(15)18-16(19)13(11-17)12-7-4-3-5-8-12;/h3-5,7-8,13-15H,2,6,9-11,17H2,1H3,(H,18,19);1H. The molecule has 1 aliphatic carbocycles. The highest BCUT2D eigenvalue weighted by atomic mass is 35.5. The van der Waals surface area contributed by atoms with Crippen LogP contribution in [0.1, 0.15) is 37.7 Å². The summed E-state index contributed by atoms with van der Waals surface area (Å²) >= 11 is 1.96. The fourth-order valence-electron chi connectivity index (χ4n) is 2.87. The molecule has 5 heteroatoms. The maximum Gasteiger partial charge on any atom is 0.229 e. The van der Waals surface area contributed by atoms with E-state index in [9.17, 15) is 4.79 Å². The van der Waals surface area contributed by atoms with Gasteiger partial charge in [0.2, 0.25) is 5.91 Å². The summed E-state index contributed by atoms with van der Waals surface area (Å²) in [7, 11) is 0. The molecule has 0 radical (unpaired) electrons. The van der Waals surface area contributed by atoms with Crippen molar-refractivity contribution < 1.29 is 4.79 Å². The maximum absolute atomic E-state index is 12.5. The van der Waals surface area contributed by atoms with Gasteiger partial charge in [0.15, 0.2) is 0 Å². The van der Waals surface area contributed by atoms with Crippen LogP contribution in [0.5, 0.6) is 0 Å². The number of nitrogens with two attached hydrogens (primary N) is 1. The van der Waals surface area contributed by atoms with E-state index < -0.39 is 0 Å². The summed E-state index contributed by atoms with van der Waals surface area (Å²) < 4.78 is 0. The number of hydrogen-bond acceptors (Lipinski definition) is 3. The molecule has 0 spiro atoms. The summed E-state index contributed by atoms with van der Waals surface area (Å²) in [6, 6.07) is 10.1. The number of carbonyl (C=O) groups is 1. The van der Waals surface area contributed by atoms with E-state index in [0.29, 0.717) is 17.8 Å². The summed E-state index contributed by atoms with van der Waals surface area (Å²) in [5, 5.41) is 3.79. The van der Waals surface area contributed by atoms with E-state index in [2.05, 4.69) is 12.2 Å². The van der Waals surface area contributed by atoms with Crippen LogP contribution in [0.4, 0.5) is 0 Å². The van der Waals surface area contributed by atoms with Gasteiger partial charge in [0.25, 0.3) is 0 Å². The molecule has 0 bridgehead atoms. The molecule has 3 unspecified atom stereocenters. The fraction of sp³-hybridized carbons (Fsp3) is 0.562. The van der Waals surface area contributed by atoms with E-state index in [1.165, 1.54) is 12.8 Å². The lowest BCUT2D eigenvalue weighted by atomic mass is 9.98. The zero-order chi connectivity index (χ0) is 14.4. The van der Waals surface area contributed by atoms with Crippen LogP contribution in [0.2, 0.25) is 0 Å². The first kappa shape index (κ1) is 18.3. The number of thioether (sulfide) groups is 1. The van der Waals surface area contributed by atoms with Gasteiger partial charge < -0.3 is 11.1 Å². The molecule has 1 saturated carbocycles. The monoisotopic (exact) mass is 328 g/mol. The topological polar surface area (TPSA) is 55.1 Å². The molecular formula is C16H25ClN2OS. The minimum atomic E-state index is -0.232. The van der Waals surface area contributed by atoms with E-state index in [4.69, 9.17) is 5.73 Å². The zero-order valence-corrected chi connectivity index (χ0v) is 14.1. The molecule has 1 aromatic rings. The number of rotatable bonds is 6. The molecule has 0 saturated heterocycles. The lowest BCUT2D eigenvalue weighted by molar-refractivity contribution is -0.123. The molecule has 1 amide bonds. The van der Waals surface area contributed by atoms with Crippen molar-refractivity contribution in [2.75, 3.05) is 12.3 Å². The summed E-state index contributed by atoms with van der Waals surface area (Å²) in [5.41, 5.74) is 6.81. The van der Waals surface area contributed by atoms with Crippen molar-refractivity contribution in [3.8, 4) is 0 Å². The van der Waals surface area contributed by atoms with Gasteiger partial charge in [0.05, 0.1) is 5.92 Å². The number of benzene rings is 1. The number of amides is 1. The van der Waals surface area contributed by atoms with E-state index >= 15 is 0 Å². The van der Waals surface area contributed by atoms with Crippen LogP contribution in [0.15, 0.2) is 30.3 Å². The van der Waals surface area contributed by atoms with Gasteiger partial charge in [-0.15, -0.1) is 12.4 Å². The lowest BCUT2D eigenvalue weighted by Gasteiger charge is -2.23. The minimum Gasteiger partial charge on any atom is -0.352 e. The number of nitrogens with one attached hydrogen (secondary N) is 1. The third kappa shape index (κ3) is 4.90.